The molecule has 0 bridgehead atoms. The lowest BCUT2D eigenvalue weighted by Crippen LogP contribution is -2.47. The first-order chi connectivity index (χ1) is 17.1. The number of rotatable bonds is 8. The van der Waals surface area contributed by atoms with Crippen LogP contribution in [0.15, 0.2) is 59.1 Å². The molecule has 5 nitrogen and oxygen atoms in total. The molecule has 0 unspecified atom stereocenters. The van der Waals surface area contributed by atoms with E-state index in [9.17, 15) is 26.3 Å². The first kappa shape index (κ1) is 26.0. The van der Waals surface area contributed by atoms with Crippen molar-refractivity contribution in [2.45, 2.75) is 25.3 Å². The summed E-state index contributed by atoms with van der Waals surface area (Å²) in [7, 11) is 0. The predicted octanol–water partition coefficient (Wildman–Crippen LogP) is 5.68. The minimum absolute atomic E-state index is 0.0238. The van der Waals surface area contributed by atoms with Gasteiger partial charge >= 0.3 is 12.4 Å². The molecule has 0 spiro atoms. The highest BCUT2D eigenvalue weighted by molar-refractivity contribution is 5.64. The van der Waals surface area contributed by atoms with Crippen molar-refractivity contribution < 1.29 is 30.9 Å². The van der Waals surface area contributed by atoms with Gasteiger partial charge in [0.1, 0.15) is 5.69 Å². The molecule has 1 fully saturated rings. The van der Waals surface area contributed by atoms with E-state index < -0.39 is 23.5 Å². The second kappa shape index (κ2) is 10.9. The molecule has 4 rings (SSSR count). The van der Waals surface area contributed by atoms with E-state index in [-0.39, 0.29) is 11.3 Å². The summed E-state index contributed by atoms with van der Waals surface area (Å²) in [6.07, 6.45) is -8.00. The second-order valence-electron chi connectivity index (χ2n) is 8.63. The lowest BCUT2D eigenvalue weighted by molar-refractivity contribution is -0.138. The number of alkyl halides is 6. The van der Waals surface area contributed by atoms with Crippen molar-refractivity contribution >= 4 is 5.69 Å². The van der Waals surface area contributed by atoms with E-state index >= 15 is 0 Å². The zero-order valence-corrected chi connectivity index (χ0v) is 19.4. The third-order valence-corrected chi connectivity index (χ3v) is 6.11. The number of benzene rings is 2. The predicted molar refractivity (Wildman–Crippen MR) is 123 cm³/mol. The molecular weight excluding hydrogens is 486 g/mol. The summed E-state index contributed by atoms with van der Waals surface area (Å²) in [6, 6.07) is 12.1. The lowest BCUT2D eigenvalue weighted by Gasteiger charge is -2.36. The molecule has 1 aromatic heterocycles. The van der Waals surface area contributed by atoms with Crippen LogP contribution in [0.4, 0.5) is 32.0 Å². The van der Waals surface area contributed by atoms with Gasteiger partial charge in [-0.15, -0.1) is 0 Å². The molecule has 2 aromatic carbocycles. The number of hydrogen-bond acceptors (Lipinski definition) is 5. The van der Waals surface area contributed by atoms with E-state index in [0.717, 1.165) is 38.2 Å². The summed E-state index contributed by atoms with van der Waals surface area (Å²) in [5.41, 5.74) is -0.707. The minimum Gasteiger partial charge on any atom is -0.369 e. The molecule has 3 aromatic rings. The van der Waals surface area contributed by atoms with Crippen molar-refractivity contribution in [3.05, 3.63) is 71.5 Å². The minimum atomic E-state index is -4.48. The maximum atomic E-state index is 13.2. The highest BCUT2D eigenvalue weighted by Gasteiger charge is 2.34. The third-order valence-electron chi connectivity index (χ3n) is 6.11. The van der Waals surface area contributed by atoms with Crippen LogP contribution < -0.4 is 10.2 Å². The van der Waals surface area contributed by atoms with Gasteiger partial charge in [0, 0.05) is 43.5 Å². The maximum absolute atomic E-state index is 13.2. The first-order valence-corrected chi connectivity index (χ1v) is 11.6. The van der Waals surface area contributed by atoms with Crippen molar-refractivity contribution in [2.75, 3.05) is 44.2 Å². The van der Waals surface area contributed by atoms with Crippen LogP contribution in [0.2, 0.25) is 0 Å². The van der Waals surface area contributed by atoms with E-state index in [1.807, 2.05) is 4.90 Å². The Bertz CT molecular complexity index is 1140. The zero-order valence-electron chi connectivity index (χ0n) is 19.4. The number of halogens is 6. The Hall–Kier alpha value is -3.05. The lowest BCUT2D eigenvalue weighted by atomic mass is 10.0. The van der Waals surface area contributed by atoms with Crippen LogP contribution in [0.25, 0.3) is 11.3 Å². The Labute approximate surface area is 204 Å². The molecule has 1 aliphatic rings. The van der Waals surface area contributed by atoms with Crippen LogP contribution in [0.3, 0.4) is 0 Å². The Morgan fingerprint density at radius 2 is 1.61 bits per heavy atom. The molecule has 0 saturated carbocycles. The molecule has 1 N–H and O–H groups in total. The van der Waals surface area contributed by atoms with Crippen molar-refractivity contribution in [3.8, 4) is 11.3 Å². The number of aromatic nitrogens is 1. The molecule has 0 atom stereocenters. The van der Waals surface area contributed by atoms with Crippen molar-refractivity contribution in [1.29, 1.82) is 0 Å². The smallest absolute Gasteiger partial charge is 0.369 e. The highest BCUT2D eigenvalue weighted by atomic mass is 19.4. The summed E-state index contributed by atoms with van der Waals surface area (Å²) < 4.78 is 83.8. The molecule has 0 radical (unpaired) electrons. The summed E-state index contributed by atoms with van der Waals surface area (Å²) in [4.78, 5) is 4.22. The van der Waals surface area contributed by atoms with E-state index in [0.29, 0.717) is 37.6 Å². The van der Waals surface area contributed by atoms with Crippen molar-refractivity contribution in [1.82, 2.24) is 15.4 Å². The van der Waals surface area contributed by atoms with Crippen molar-refractivity contribution in [2.24, 2.45) is 0 Å². The molecular formula is C25H26F6N4O. The van der Waals surface area contributed by atoms with Crippen LogP contribution in [-0.4, -0.2) is 49.3 Å². The van der Waals surface area contributed by atoms with Crippen LogP contribution in [-0.2, 0) is 18.9 Å². The number of hydrogen-bond donors (Lipinski definition) is 1. The third kappa shape index (κ3) is 6.58. The van der Waals surface area contributed by atoms with E-state index in [2.05, 4.69) is 15.4 Å². The SMILES string of the molecule is FC(F)(F)c1cccc(N2CCN(CCCNCc3cc(-c4ccccc4C(F)(F)F)no3)CC2)c1. The monoisotopic (exact) mass is 512 g/mol. The molecule has 194 valence electrons. The standard InChI is InChI=1S/C25H26F6N4O/c26-24(27,28)18-5-3-6-19(15-18)35-13-11-34(12-14-35)10-4-9-32-17-20-16-23(33-36-20)21-7-1-2-8-22(21)25(29,30)31/h1-3,5-8,15-16,32H,4,9-14,17H2. The summed E-state index contributed by atoms with van der Waals surface area (Å²) in [6.45, 7) is 4.63. The molecule has 2 heterocycles. The fraction of sp³-hybridized carbons (Fsp3) is 0.400. The zero-order chi connectivity index (χ0) is 25.8. The fourth-order valence-electron chi connectivity index (χ4n) is 4.22. The maximum Gasteiger partial charge on any atom is 0.417 e. The van der Waals surface area contributed by atoms with Gasteiger partial charge in [-0.25, -0.2) is 0 Å². The molecule has 1 aliphatic heterocycles. The normalized spacial score (nSPS) is 15.4. The number of anilines is 1. The average Bonchev–Trinajstić information content (AvgIpc) is 3.32. The van der Waals surface area contributed by atoms with E-state index in [1.54, 1.807) is 6.07 Å². The molecule has 1 saturated heterocycles. The number of nitrogens with zero attached hydrogens (tertiary/aromatic N) is 3. The van der Waals surface area contributed by atoms with Crippen LogP contribution in [0, 0.1) is 0 Å². The summed E-state index contributed by atoms with van der Waals surface area (Å²) in [5.74, 6) is 0.441. The van der Waals surface area contributed by atoms with Gasteiger partial charge in [-0.3, -0.25) is 4.90 Å². The van der Waals surface area contributed by atoms with E-state index in [1.165, 1.54) is 36.4 Å². The van der Waals surface area contributed by atoms with Gasteiger partial charge in [-0.1, -0.05) is 29.4 Å². The van der Waals surface area contributed by atoms with Crippen LogP contribution in [0.5, 0.6) is 0 Å². The van der Waals surface area contributed by atoms with Gasteiger partial charge in [0.2, 0.25) is 0 Å². The fourth-order valence-corrected chi connectivity index (χ4v) is 4.22. The van der Waals surface area contributed by atoms with Gasteiger partial charge < -0.3 is 14.7 Å². The second-order valence-corrected chi connectivity index (χ2v) is 8.63. The average molecular weight is 512 g/mol. The Kier molecular flexibility index (Phi) is 7.89. The molecule has 0 aliphatic carbocycles. The highest BCUT2D eigenvalue weighted by Crippen LogP contribution is 2.36. The van der Waals surface area contributed by atoms with Gasteiger partial charge in [-0.2, -0.15) is 26.3 Å². The largest absolute Gasteiger partial charge is 0.417 e. The van der Waals surface area contributed by atoms with E-state index in [4.69, 9.17) is 4.52 Å². The van der Waals surface area contributed by atoms with Crippen LogP contribution >= 0.6 is 0 Å². The topological polar surface area (TPSA) is 44.5 Å². The summed E-state index contributed by atoms with van der Waals surface area (Å²) >= 11 is 0. The molecule has 0 amide bonds. The number of piperazine rings is 1. The summed E-state index contributed by atoms with van der Waals surface area (Å²) in [5, 5.41) is 7.00. The molecule has 36 heavy (non-hydrogen) atoms. The van der Waals surface area contributed by atoms with Crippen molar-refractivity contribution in [3.63, 3.8) is 0 Å². The first-order valence-electron chi connectivity index (χ1n) is 11.6. The van der Waals surface area contributed by atoms with Gasteiger partial charge in [0.25, 0.3) is 0 Å². The Balaban J connectivity index is 1.18. The number of nitrogens with one attached hydrogen (secondary N) is 1. The van der Waals surface area contributed by atoms with Crippen LogP contribution in [0.1, 0.15) is 23.3 Å². The quantitative estimate of drug-likeness (QED) is 0.311. The molecule has 11 heteroatoms. The Morgan fingerprint density at radius 3 is 2.33 bits per heavy atom. The van der Waals surface area contributed by atoms with Gasteiger partial charge in [0.15, 0.2) is 5.76 Å². The van der Waals surface area contributed by atoms with Gasteiger partial charge in [-0.05, 0) is 43.8 Å². The van der Waals surface area contributed by atoms with Gasteiger partial charge in [0.05, 0.1) is 17.7 Å². The Morgan fingerprint density at radius 1 is 0.861 bits per heavy atom.